The summed E-state index contributed by atoms with van der Waals surface area (Å²) in [5, 5.41) is 23.2. The van der Waals surface area contributed by atoms with Crippen LogP contribution in [0.25, 0.3) is 10.9 Å². The van der Waals surface area contributed by atoms with Crippen LogP contribution in [0, 0.1) is 23.7 Å². The molecular formula is C26H26ClN5O3. The van der Waals surface area contributed by atoms with Crippen LogP contribution in [0.3, 0.4) is 0 Å². The highest BCUT2D eigenvalue weighted by Crippen LogP contribution is 2.61. The Kier molecular flexibility index (Phi) is 5.37. The number of hydrogen-bond acceptors (Lipinski definition) is 6. The number of carboxylic acid groups (broad SMARTS) is 1. The number of nitrogens with zero attached hydrogens (tertiary/aromatic N) is 4. The van der Waals surface area contributed by atoms with E-state index in [1.165, 1.54) is 6.07 Å². The third kappa shape index (κ3) is 3.66. The highest BCUT2D eigenvalue weighted by atomic mass is 35.5. The van der Waals surface area contributed by atoms with Gasteiger partial charge in [0.1, 0.15) is 11.0 Å². The maximum absolute atomic E-state index is 13.5. The minimum atomic E-state index is -1.19. The summed E-state index contributed by atoms with van der Waals surface area (Å²) in [6, 6.07) is 9.10. The van der Waals surface area contributed by atoms with Crippen molar-refractivity contribution >= 4 is 34.2 Å². The molecule has 0 unspecified atom stereocenters. The van der Waals surface area contributed by atoms with E-state index >= 15 is 0 Å². The molecule has 0 spiro atoms. The van der Waals surface area contributed by atoms with Crippen LogP contribution in [0.2, 0.25) is 5.15 Å². The molecule has 2 saturated carbocycles. The zero-order valence-electron chi connectivity index (χ0n) is 19.9. The molecule has 5 rings (SSSR count). The first-order valence-electron chi connectivity index (χ1n) is 11.7. The fourth-order valence-electron chi connectivity index (χ4n) is 6.05. The van der Waals surface area contributed by atoms with Gasteiger partial charge in [0.25, 0.3) is 5.56 Å². The molecule has 180 valence electrons. The van der Waals surface area contributed by atoms with Crippen LogP contribution >= 0.6 is 11.6 Å². The molecule has 1 aromatic carbocycles. The SMILES string of the molecule is Cc1cc([C@@H](C)Nc2ccc(Cl)nc2C(=O)O)c2nc(C34CCC(C#N)(CC3)C4)n(C)c(=O)c2c1. The highest BCUT2D eigenvalue weighted by Gasteiger charge is 2.57. The van der Waals surface area contributed by atoms with Crippen molar-refractivity contribution in [2.24, 2.45) is 12.5 Å². The molecule has 2 aliphatic carbocycles. The number of nitrogens with one attached hydrogen (secondary N) is 1. The zero-order valence-corrected chi connectivity index (χ0v) is 20.6. The van der Waals surface area contributed by atoms with Crippen molar-refractivity contribution in [3.8, 4) is 6.07 Å². The molecule has 2 bridgehead atoms. The molecule has 2 aliphatic rings. The fraction of sp³-hybridized carbons (Fsp3) is 0.423. The number of halogens is 1. The van der Waals surface area contributed by atoms with Crippen LogP contribution in [0.15, 0.2) is 29.1 Å². The highest BCUT2D eigenvalue weighted by molar-refractivity contribution is 6.29. The van der Waals surface area contributed by atoms with Gasteiger partial charge in [-0.25, -0.2) is 14.8 Å². The van der Waals surface area contributed by atoms with Crippen LogP contribution in [0.1, 0.15) is 72.5 Å². The van der Waals surface area contributed by atoms with Crippen LogP contribution < -0.4 is 10.9 Å². The number of aromatic carboxylic acids is 1. The number of rotatable bonds is 5. The Bertz CT molecular complexity index is 1480. The van der Waals surface area contributed by atoms with E-state index in [4.69, 9.17) is 16.6 Å². The lowest BCUT2D eigenvalue weighted by Crippen LogP contribution is -2.33. The monoisotopic (exact) mass is 491 g/mol. The molecule has 0 aliphatic heterocycles. The third-order valence-electron chi connectivity index (χ3n) is 7.81. The second-order valence-corrected chi connectivity index (χ2v) is 10.5. The van der Waals surface area contributed by atoms with E-state index in [2.05, 4.69) is 16.4 Å². The van der Waals surface area contributed by atoms with Gasteiger partial charge in [-0.05, 0) is 69.7 Å². The molecule has 0 amide bonds. The topological polar surface area (TPSA) is 121 Å². The maximum atomic E-state index is 13.5. The van der Waals surface area contributed by atoms with E-state index in [1.807, 2.05) is 26.0 Å². The third-order valence-corrected chi connectivity index (χ3v) is 8.02. The van der Waals surface area contributed by atoms with Crippen LogP contribution in [0.5, 0.6) is 0 Å². The van der Waals surface area contributed by atoms with E-state index in [0.717, 1.165) is 49.1 Å². The molecule has 0 radical (unpaired) electrons. The summed E-state index contributed by atoms with van der Waals surface area (Å²) >= 11 is 5.91. The van der Waals surface area contributed by atoms with E-state index in [0.29, 0.717) is 16.6 Å². The molecule has 9 heteroatoms. The molecule has 1 atom stereocenters. The predicted octanol–water partition coefficient (Wildman–Crippen LogP) is 4.89. The molecule has 8 nitrogen and oxygen atoms in total. The van der Waals surface area contributed by atoms with E-state index in [9.17, 15) is 20.0 Å². The largest absolute Gasteiger partial charge is 0.476 e. The summed E-state index contributed by atoms with van der Waals surface area (Å²) in [5.41, 5.74) is 1.76. The van der Waals surface area contributed by atoms with Gasteiger partial charge in [0.2, 0.25) is 0 Å². The number of carbonyl (C=O) groups is 1. The van der Waals surface area contributed by atoms with Crippen molar-refractivity contribution in [3.05, 3.63) is 62.4 Å². The predicted molar refractivity (Wildman–Crippen MR) is 133 cm³/mol. The first-order chi connectivity index (χ1) is 16.6. The number of aromatic nitrogens is 3. The number of hydrogen-bond donors (Lipinski definition) is 2. The fourth-order valence-corrected chi connectivity index (χ4v) is 6.19. The molecule has 2 aromatic heterocycles. The lowest BCUT2D eigenvalue weighted by Gasteiger charge is -2.28. The minimum Gasteiger partial charge on any atom is -0.476 e. The van der Waals surface area contributed by atoms with Gasteiger partial charge in [0.05, 0.1) is 34.1 Å². The molecule has 3 aromatic rings. The van der Waals surface area contributed by atoms with E-state index < -0.39 is 5.97 Å². The Morgan fingerprint density at radius 3 is 2.60 bits per heavy atom. The summed E-state index contributed by atoms with van der Waals surface area (Å²) in [6.45, 7) is 3.82. The summed E-state index contributed by atoms with van der Waals surface area (Å²) in [5.74, 6) is -0.450. The van der Waals surface area contributed by atoms with Crippen molar-refractivity contribution in [3.63, 3.8) is 0 Å². The second kappa shape index (κ2) is 8.06. The Labute approximate surface area is 207 Å². The Hall–Kier alpha value is -3.44. The zero-order chi connectivity index (χ0) is 25.1. The number of anilines is 1. The van der Waals surface area contributed by atoms with Gasteiger partial charge < -0.3 is 10.4 Å². The standard InChI is InChI=1S/C26H26ClN5O3/c1-14-10-16(15(2)29-18-4-5-19(27)30-21(18)23(34)35)20-17(11-14)22(33)32(3)24(31-20)26-8-6-25(12-26,13-28)7-9-26/h4-5,10-11,15,29H,6-9,12H2,1-3H3,(H,34,35)/t15-,25?,26?/m1/s1. The van der Waals surface area contributed by atoms with Crippen molar-refractivity contribution in [2.75, 3.05) is 5.32 Å². The number of aryl methyl sites for hydroxylation is 1. The van der Waals surface area contributed by atoms with Gasteiger partial charge in [-0.2, -0.15) is 5.26 Å². The van der Waals surface area contributed by atoms with Crippen molar-refractivity contribution in [1.82, 2.24) is 14.5 Å². The summed E-state index contributed by atoms with van der Waals surface area (Å²) in [4.78, 5) is 34.3. The average molecular weight is 492 g/mol. The molecule has 2 fully saturated rings. The number of benzene rings is 1. The number of fused-ring (bicyclic) bond motifs is 3. The number of nitriles is 1. The van der Waals surface area contributed by atoms with Crippen LogP contribution in [-0.2, 0) is 12.5 Å². The first kappa shape index (κ1) is 23.3. The Morgan fingerprint density at radius 2 is 1.97 bits per heavy atom. The van der Waals surface area contributed by atoms with Gasteiger partial charge in [-0.1, -0.05) is 17.7 Å². The second-order valence-electron chi connectivity index (χ2n) is 10.1. The van der Waals surface area contributed by atoms with E-state index in [1.54, 1.807) is 17.7 Å². The summed E-state index contributed by atoms with van der Waals surface area (Å²) in [6.07, 6.45) is 4.09. The lowest BCUT2D eigenvalue weighted by atomic mass is 9.81. The summed E-state index contributed by atoms with van der Waals surface area (Å²) in [7, 11) is 1.77. The number of carboxylic acids is 1. The Morgan fingerprint density at radius 1 is 1.26 bits per heavy atom. The van der Waals surface area contributed by atoms with Gasteiger partial charge in [0.15, 0.2) is 5.69 Å². The minimum absolute atomic E-state index is 0.0947. The van der Waals surface area contributed by atoms with Crippen LogP contribution in [0.4, 0.5) is 5.69 Å². The maximum Gasteiger partial charge on any atom is 0.356 e. The average Bonchev–Trinajstić information content (AvgIpc) is 3.40. The quantitative estimate of drug-likeness (QED) is 0.487. The lowest BCUT2D eigenvalue weighted by molar-refractivity contribution is 0.0691. The van der Waals surface area contributed by atoms with Crippen molar-refractivity contribution in [1.29, 1.82) is 5.26 Å². The molecule has 2 N–H and O–H groups in total. The normalized spacial score (nSPS) is 23.9. The van der Waals surface area contributed by atoms with Crippen LogP contribution in [-0.4, -0.2) is 25.6 Å². The first-order valence-corrected chi connectivity index (χ1v) is 12.1. The summed E-state index contributed by atoms with van der Waals surface area (Å²) < 4.78 is 1.66. The molecular weight excluding hydrogens is 466 g/mol. The smallest absolute Gasteiger partial charge is 0.356 e. The van der Waals surface area contributed by atoms with Gasteiger partial charge in [-0.3, -0.25) is 9.36 Å². The van der Waals surface area contributed by atoms with E-state index in [-0.39, 0.29) is 33.3 Å². The van der Waals surface area contributed by atoms with Gasteiger partial charge >= 0.3 is 5.97 Å². The molecule has 35 heavy (non-hydrogen) atoms. The van der Waals surface area contributed by atoms with Crippen molar-refractivity contribution < 1.29 is 9.90 Å². The van der Waals surface area contributed by atoms with Gasteiger partial charge in [0, 0.05) is 18.0 Å². The Balaban J connectivity index is 1.64. The van der Waals surface area contributed by atoms with Gasteiger partial charge in [-0.15, -0.1) is 0 Å². The molecule has 2 heterocycles. The molecule has 0 saturated heterocycles. The number of pyridine rings is 1. The van der Waals surface area contributed by atoms with Crippen molar-refractivity contribution in [2.45, 2.75) is 57.4 Å².